The van der Waals surface area contributed by atoms with Gasteiger partial charge >= 0.3 is 0 Å². The number of hydrogen-bond donors (Lipinski definition) is 1. The normalized spacial score (nSPS) is 15.3. The Kier molecular flexibility index (Phi) is 8.00. The van der Waals surface area contributed by atoms with Crippen LogP contribution in [0.2, 0.25) is 0 Å². The second-order valence-electron chi connectivity index (χ2n) is 8.87. The number of nitrogens with two attached hydrogens (primary N) is 1. The van der Waals surface area contributed by atoms with Crippen molar-refractivity contribution < 1.29 is 13.2 Å². The van der Waals surface area contributed by atoms with E-state index in [2.05, 4.69) is 45.7 Å². The van der Waals surface area contributed by atoms with Crippen LogP contribution in [0.25, 0.3) is 17.1 Å². The third-order valence-corrected chi connectivity index (χ3v) is 7.25. The maximum Gasteiger partial charge on any atom is 0.238 e. The van der Waals surface area contributed by atoms with Crippen molar-refractivity contribution in [1.29, 1.82) is 0 Å². The number of imidazole rings is 1. The van der Waals surface area contributed by atoms with Gasteiger partial charge in [0.05, 0.1) is 15.9 Å². The van der Waals surface area contributed by atoms with Crippen LogP contribution in [0, 0.1) is 0 Å². The molecule has 2 N–H and O–H groups in total. The number of rotatable bonds is 9. The van der Waals surface area contributed by atoms with Gasteiger partial charge in [-0.05, 0) is 30.2 Å². The quantitative estimate of drug-likeness (QED) is 0.492. The van der Waals surface area contributed by atoms with E-state index in [9.17, 15) is 13.2 Å². The number of aromatic nitrogens is 2. The number of carbonyl (C=O) groups is 1. The third kappa shape index (κ3) is 6.36. The lowest BCUT2D eigenvalue weighted by Gasteiger charge is -2.34. The summed E-state index contributed by atoms with van der Waals surface area (Å²) >= 11 is 0. The van der Waals surface area contributed by atoms with Crippen LogP contribution >= 0.6 is 0 Å². The Morgan fingerprint density at radius 2 is 1.83 bits per heavy atom. The van der Waals surface area contributed by atoms with Gasteiger partial charge in [-0.15, -0.1) is 0 Å². The van der Waals surface area contributed by atoms with Gasteiger partial charge in [0.2, 0.25) is 15.9 Å². The zero-order chi connectivity index (χ0) is 24.8. The topological polar surface area (TPSA) is 102 Å². The SMILES string of the molecule is CCCn1c(CCC(=O)N2CCN(CC=Cc3ccccc3)CC2)nc2cc(S(N)(=O)=O)ccc21. The molecule has 186 valence electrons. The van der Waals surface area contributed by atoms with Crippen molar-refractivity contribution >= 4 is 33.0 Å². The zero-order valence-corrected chi connectivity index (χ0v) is 21.0. The number of benzene rings is 2. The molecule has 0 spiro atoms. The first-order valence-electron chi connectivity index (χ1n) is 12.1. The predicted molar refractivity (Wildman–Crippen MR) is 138 cm³/mol. The fourth-order valence-corrected chi connectivity index (χ4v) is 4.99. The van der Waals surface area contributed by atoms with Crippen molar-refractivity contribution in [3.05, 3.63) is 66.0 Å². The number of fused-ring (bicyclic) bond motifs is 1. The molecule has 0 bridgehead atoms. The minimum atomic E-state index is -3.79. The molecule has 1 aliphatic rings. The molecule has 0 saturated carbocycles. The van der Waals surface area contributed by atoms with E-state index in [0.29, 0.717) is 18.4 Å². The Hall–Kier alpha value is -3.01. The molecule has 0 atom stereocenters. The summed E-state index contributed by atoms with van der Waals surface area (Å²) < 4.78 is 25.5. The van der Waals surface area contributed by atoms with Gasteiger partial charge < -0.3 is 9.47 Å². The largest absolute Gasteiger partial charge is 0.340 e. The van der Waals surface area contributed by atoms with Gasteiger partial charge in [-0.25, -0.2) is 18.5 Å². The Balaban J connectivity index is 1.33. The minimum Gasteiger partial charge on any atom is -0.340 e. The highest BCUT2D eigenvalue weighted by atomic mass is 32.2. The van der Waals surface area contributed by atoms with Crippen molar-refractivity contribution in [2.24, 2.45) is 5.14 Å². The van der Waals surface area contributed by atoms with Gasteiger partial charge in [-0.3, -0.25) is 9.69 Å². The summed E-state index contributed by atoms with van der Waals surface area (Å²) in [4.78, 5) is 21.9. The van der Waals surface area contributed by atoms with Gasteiger partial charge in [-0.2, -0.15) is 0 Å². The summed E-state index contributed by atoms with van der Waals surface area (Å²) in [6.07, 6.45) is 6.10. The first-order valence-corrected chi connectivity index (χ1v) is 13.6. The molecule has 1 aromatic heterocycles. The van der Waals surface area contributed by atoms with Crippen LogP contribution in [-0.4, -0.2) is 66.4 Å². The Morgan fingerprint density at radius 1 is 1.09 bits per heavy atom. The molecule has 1 saturated heterocycles. The molecule has 1 amide bonds. The molecule has 0 unspecified atom stereocenters. The Bertz CT molecular complexity index is 1290. The summed E-state index contributed by atoms with van der Waals surface area (Å²) in [7, 11) is -3.79. The average Bonchev–Trinajstić information content (AvgIpc) is 3.20. The van der Waals surface area contributed by atoms with Crippen molar-refractivity contribution in [1.82, 2.24) is 19.4 Å². The van der Waals surface area contributed by atoms with Crippen LogP contribution < -0.4 is 5.14 Å². The highest BCUT2D eigenvalue weighted by Crippen LogP contribution is 2.21. The highest BCUT2D eigenvalue weighted by Gasteiger charge is 2.21. The van der Waals surface area contributed by atoms with E-state index < -0.39 is 10.0 Å². The van der Waals surface area contributed by atoms with Crippen LogP contribution in [0.1, 0.15) is 31.2 Å². The summed E-state index contributed by atoms with van der Waals surface area (Å²) in [5, 5.41) is 5.28. The second kappa shape index (κ2) is 11.2. The molecule has 2 heterocycles. The monoisotopic (exact) mass is 495 g/mol. The lowest BCUT2D eigenvalue weighted by atomic mass is 10.2. The number of aryl methyl sites for hydroxylation is 2. The van der Waals surface area contributed by atoms with Crippen molar-refractivity contribution in [2.75, 3.05) is 32.7 Å². The lowest BCUT2D eigenvalue weighted by molar-refractivity contribution is -0.132. The van der Waals surface area contributed by atoms with Crippen molar-refractivity contribution in [3.63, 3.8) is 0 Å². The van der Waals surface area contributed by atoms with E-state index in [-0.39, 0.29) is 10.8 Å². The van der Waals surface area contributed by atoms with Crippen LogP contribution in [0.15, 0.2) is 59.5 Å². The van der Waals surface area contributed by atoms with E-state index in [1.54, 1.807) is 6.07 Å². The Morgan fingerprint density at radius 3 is 2.51 bits per heavy atom. The molecule has 0 aliphatic carbocycles. The number of hydrogen-bond acceptors (Lipinski definition) is 5. The van der Waals surface area contributed by atoms with E-state index in [1.165, 1.54) is 17.7 Å². The molecule has 4 rings (SSSR count). The molecule has 1 aliphatic heterocycles. The molecular formula is C26H33N5O3S. The van der Waals surface area contributed by atoms with Crippen LogP contribution in [0.5, 0.6) is 0 Å². The molecule has 2 aromatic carbocycles. The lowest BCUT2D eigenvalue weighted by Crippen LogP contribution is -2.48. The number of amides is 1. The molecule has 9 heteroatoms. The summed E-state index contributed by atoms with van der Waals surface area (Å²) in [6.45, 7) is 6.86. The molecule has 35 heavy (non-hydrogen) atoms. The number of primary sulfonamides is 1. The number of carbonyl (C=O) groups excluding carboxylic acids is 1. The standard InChI is InChI=1S/C26H33N5O3S/c1-2-14-31-24-11-10-22(35(27,33)34)20-23(24)28-25(31)12-13-26(32)30-18-16-29(17-19-30)15-6-9-21-7-4-3-5-8-21/h3-11,20H,2,12-19H2,1H3,(H2,27,33,34). The Labute approximate surface area is 207 Å². The summed E-state index contributed by atoms with van der Waals surface area (Å²) in [5.74, 6) is 0.927. The van der Waals surface area contributed by atoms with Crippen LogP contribution in [0.4, 0.5) is 0 Å². The molecule has 8 nitrogen and oxygen atoms in total. The maximum absolute atomic E-state index is 12.9. The van der Waals surface area contributed by atoms with Crippen molar-refractivity contribution in [3.8, 4) is 0 Å². The highest BCUT2D eigenvalue weighted by molar-refractivity contribution is 7.89. The number of nitrogens with zero attached hydrogens (tertiary/aromatic N) is 4. The smallest absolute Gasteiger partial charge is 0.238 e. The zero-order valence-electron chi connectivity index (χ0n) is 20.1. The second-order valence-corrected chi connectivity index (χ2v) is 10.4. The van der Waals surface area contributed by atoms with Gasteiger partial charge in [0.25, 0.3) is 0 Å². The summed E-state index contributed by atoms with van der Waals surface area (Å²) in [6, 6.07) is 15.0. The van der Waals surface area contributed by atoms with Gasteiger partial charge in [0.1, 0.15) is 5.82 Å². The van der Waals surface area contributed by atoms with Gasteiger partial charge in [0, 0.05) is 52.1 Å². The van der Waals surface area contributed by atoms with Crippen LogP contribution in [0.3, 0.4) is 0 Å². The summed E-state index contributed by atoms with van der Waals surface area (Å²) in [5.41, 5.74) is 2.64. The van der Waals surface area contributed by atoms with Gasteiger partial charge in [0.15, 0.2) is 0 Å². The molecule has 3 aromatic rings. The first kappa shape index (κ1) is 25.1. The fourth-order valence-electron chi connectivity index (χ4n) is 4.46. The predicted octanol–water partition coefficient (Wildman–Crippen LogP) is 2.88. The molecular weight excluding hydrogens is 462 g/mol. The van der Waals surface area contributed by atoms with E-state index in [0.717, 1.165) is 57.0 Å². The number of sulfonamides is 1. The maximum atomic E-state index is 12.9. The minimum absolute atomic E-state index is 0.0465. The van der Waals surface area contributed by atoms with Crippen LogP contribution in [-0.2, 0) is 27.8 Å². The van der Waals surface area contributed by atoms with E-state index in [1.807, 2.05) is 23.1 Å². The molecule has 0 radical (unpaired) electrons. The average molecular weight is 496 g/mol. The van der Waals surface area contributed by atoms with Crippen molar-refractivity contribution in [2.45, 2.75) is 37.6 Å². The molecule has 1 fully saturated rings. The first-order chi connectivity index (χ1) is 16.8. The van der Waals surface area contributed by atoms with Gasteiger partial charge in [-0.1, -0.05) is 49.4 Å². The fraction of sp³-hybridized carbons (Fsp3) is 0.385. The number of piperazine rings is 1. The van der Waals surface area contributed by atoms with E-state index >= 15 is 0 Å². The van der Waals surface area contributed by atoms with E-state index in [4.69, 9.17) is 5.14 Å². The third-order valence-electron chi connectivity index (χ3n) is 6.34.